The van der Waals surface area contributed by atoms with Crippen molar-refractivity contribution in [3.05, 3.63) is 81.2 Å². The molecule has 0 saturated heterocycles. The van der Waals surface area contributed by atoms with Crippen LogP contribution in [0.15, 0.2) is 57.7 Å². The van der Waals surface area contributed by atoms with Crippen LogP contribution >= 0.6 is 0 Å². The Bertz CT molecular complexity index is 1110. The van der Waals surface area contributed by atoms with E-state index in [-0.39, 0.29) is 22.6 Å². The second-order valence-electron chi connectivity index (χ2n) is 9.04. The van der Waals surface area contributed by atoms with E-state index in [4.69, 9.17) is 4.42 Å². The molecular weight excluding hydrogens is 376 g/mol. The van der Waals surface area contributed by atoms with Crippen molar-refractivity contribution in [3.63, 3.8) is 0 Å². The van der Waals surface area contributed by atoms with Gasteiger partial charge in [0.25, 0.3) is 5.91 Å². The Kier molecular flexibility index (Phi) is 6.13. The number of hydrogen-bond donors (Lipinski definition) is 1. The third kappa shape index (κ3) is 4.79. The van der Waals surface area contributed by atoms with Crippen molar-refractivity contribution in [1.82, 2.24) is 10.2 Å². The first kappa shape index (κ1) is 21.8. The summed E-state index contributed by atoms with van der Waals surface area (Å²) in [6, 6.07) is 15.1. The van der Waals surface area contributed by atoms with Gasteiger partial charge in [0.1, 0.15) is 5.58 Å². The van der Waals surface area contributed by atoms with Gasteiger partial charge < -0.3 is 14.6 Å². The SMILES string of the molecule is Cc1ccc2oc(C(=O)NC[C@H](c3ccc(C(C)(C)C)cc3)N(C)C)cc(=O)c2c1. The number of carbonyl (C=O) groups excluding carboxylic acids is 1. The van der Waals surface area contributed by atoms with Gasteiger partial charge in [-0.05, 0) is 49.7 Å². The van der Waals surface area contributed by atoms with E-state index in [1.165, 1.54) is 11.6 Å². The molecule has 0 spiro atoms. The van der Waals surface area contributed by atoms with Crippen LogP contribution in [0.3, 0.4) is 0 Å². The van der Waals surface area contributed by atoms with Crippen LogP contribution in [-0.4, -0.2) is 31.4 Å². The van der Waals surface area contributed by atoms with Crippen LogP contribution in [0.1, 0.15) is 54.1 Å². The topological polar surface area (TPSA) is 62.6 Å². The molecule has 0 radical (unpaired) electrons. The fraction of sp³-hybridized carbons (Fsp3) is 0.360. The summed E-state index contributed by atoms with van der Waals surface area (Å²) in [6.45, 7) is 8.87. The molecule has 1 aromatic heterocycles. The molecule has 0 aliphatic carbocycles. The lowest BCUT2D eigenvalue weighted by Gasteiger charge is -2.26. The molecule has 0 bridgehead atoms. The molecule has 5 heteroatoms. The highest BCUT2D eigenvalue weighted by atomic mass is 16.3. The zero-order valence-corrected chi connectivity index (χ0v) is 18.6. The van der Waals surface area contributed by atoms with Crippen LogP contribution < -0.4 is 10.7 Å². The Balaban J connectivity index is 1.78. The van der Waals surface area contributed by atoms with Gasteiger partial charge in [0.2, 0.25) is 0 Å². The first-order valence-corrected chi connectivity index (χ1v) is 10.2. The molecule has 3 aromatic rings. The normalized spacial score (nSPS) is 12.9. The van der Waals surface area contributed by atoms with E-state index in [2.05, 4.69) is 55.3 Å². The van der Waals surface area contributed by atoms with E-state index in [1.54, 1.807) is 12.1 Å². The van der Waals surface area contributed by atoms with Crippen LogP contribution in [0.5, 0.6) is 0 Å². The number of benzene rings is 2. The number of carbonyl (C=O) groups is 1. The predicted octanol–water partition coefficient (Wildman–Crippen LogP) is 4.43. The van der Waals surface area contributed by atoms with E-state index in [1.807, 2.05) is 27.1 Å². The van der Waals surface area contributed by atoms with Crippen LogP contribution in [-0.2, 0) is 5.41 Å². The second kappa shape index (κ2) is 8.44. The van der Waals surface area contributed by atoms with Crippen LogP contribution in [0.25, 0.3) is 11.0 Å². The minimum atomic E-state index is -0.396. The summed E-state index contributed by atoms with van der Waals surface area (Å²) in [5.41, 5.74) is 3.64. The van der Waals surface area contributed by atoms with Gasteiger partial charge in [-0.25, -0.2) is 0 Å². The third-order valence-electron chi connectivity index (χ3n) is 5.35. The average Bonchev–Trinajstić information content (AvgIpc) is 2.68. The lowest BCUT2D eigenvalue weighted by Crippen LogP contribution is -2.34. The summed E-state index contributed by atoms with van der Waals surface area (Å²) in [5, 5.41) is 3.40. The molecule has 1 heterocycles. The van der Waals surface area contributed by atoms with Crippen molar-refractivity contribution < 1.29 is 9.21 Å². The lowest BCUT2D eigenvalue weighted by atomic mass is 9.86. The molecule has 158 valence electrons. The molecule has 0 saturated carbocycles. The minimum Gasteiger partial charge on any atom is -0.451 e. The maximum absolute atomic E-state index is 12.7. The smallest absolute Gasteiger partial charge is 0.287 e. The molecular formula is C25H30N2O3. The highest BCUT2D eigenvalue weighted by Crippen LogP contribution is 2.25. The summed E-state index contributed by atoms with van der Waals surface area (Å²) in [4.78, 5) is 27.1. The Hall–Kier alpha value is -2.92. The van der Waals surface area contributed by atoms with E-state index < -0.39 is 5.91 Å². The first-order chi connectivity index (χ1) is 14.1. The van der Waals surface area contributed by atoms with Gasteiger partial charge in [0.15, 0.2) is 11.2 Å². The molecule has 0 aliphatic rings. The molecule has 0 aliphatic heterocycles. The van der Waals surface area contributed by atoms with Crippen molar-refractivity contribution in [2.24, 2.45) is 0 Å². The number of fused-ring (bicyclic) bond motifs is 1. The molecule has 1 amide bonds. The van der Waals surface area contributed by atoms with E-state index in [0.29, 0.717) is 17.5 Å². The first-order valence-electron chi connectivity index (χ1n) is 10.2. The van der Waals surface area contributed by atoms with E-state index in [9.17, 15) is 9.59 Å². The van der Waals surface area contributed by atoms with Crippen molar-refractivity contribution in [2.45, 2.75) is 39.2 Å². The van der Waals surface area contributed by atoms with Gasteiger partial charge in [0, 0.05) is 12.6 Å². The largest absolute Gasteiger partial charge is 0.451 e. The number of rotatable bonds is 5. The quantitative estimate of drug-likeness (QED) is 0.681. The highest BCUT2D eigenvalue weighted by molar-refractivity contribution is 5.93. The molecule has 0 unspecified atom stereocenters. The summed E-state index contributed by atoms with van der Waals surface area (Å²) in [6.07, 6.45) is 0. The van der Waals surface area contributed by atoms with Gasteiger partial charge in [0.05, 0.1) is 11.4 Å². The average molecular weight is 407 g/mol. The number of nitrogens with one attached hydrogen (secondary N) is 1. The van der Waals surface area contributed by atoms with Crippen LogP contribution in [0, 0.1) is 6.92 Å². The van der Waals surface area contributed by atoms with Crippen molar-refractivity contribution in [2.75, 3.05) is 20.6 Å². The van der Waals surface area contributed by atoms with Crippen molar-refractivity contribution in [1.29, 1.82) is 0 Å². The Morgan fingerprint density at radius 2 is 1.73 bits per heavy atom. The molecule has 1 N–H and O–H groups in total. The number of hydrogen-bond acceptors (Lipinski definition) is 4. The second-order valence-corrected chi connectivity index (χ2v) is 9.04. The van der Waals surface area contributed by atoms with Crippen LogP contribution in [0.2, 0.25) is 0 Å². The fourth-order valence-electron chi connectivity index (χ4n) is 3.46. The maximum Gasteiger partial charge on any atom is 0.287 e. The number of nitrogens with zero attached hydrogens (tertiary/aromatic N) is 1. The van der Waals surface area contributed by atoms with Crippen molar-refractivity contribution in [3.8, 4) is 0 Å². The van der Waals surface area contributed by atoms with Gasteiger partial charge in [-0.3, -0.25) is 9.59 Å². The lowest BCUT2D eigenvalue weighted by molar-refractivity contribution is 0.0914. The van der Waals surface area contributed by atoms with Gasteiger partial charge in [-0.2, -0.15) is 0 Å². The fourth-order valence-corrected chi connectivity index (χ4v) is 3.46. The predicted molar refractivity (Wildman–Crippen MR) is 121 cm³/mol. The third-order valence-corrected chi connectivity index (χ3v) is 5.35. The summed E-state index contributed by atoms with van der Waals surface area (Å²) in [7, 11) is 3.96. The Labute approximate surface area is 177 Å². The number of aryl methyl sites for hydroxylation is 1. The highest BCUT2D eigenvalue weighted by Gasteiger charge is 2.19. The number of likely N-dealkylation sites (N-methyl/N-ethyl adjacent to an activating group) is 1. The van der Waals surface area contributed by atoms with E-state index >= 15 is 0 Å². The molecule has 30 heavy (non-hydrogen) atoms. The molecule has 3 rings (SSSR count). The standard InChI is InChI=1S/C25H30N2O3/c1-16-7-12-22-19(13-16)21(28)14-23(30-22)24(29)26-15-20(27(5)6)17-8-10-18(11-9-17)25(2,3)4/h7-14,20H,15H2,1-6H3,(H,26,29)/t20-/m1/s1. The Morgan fingerprint density at radius 3 is 2.33 bits per heavy atom. The van der Waals surface area contributed by atoms with Gasteiger partial charge in [-0.15, -0.1) is 0 Å². The molecule has 1 atom stereocenters. The zero-order chi connectivity index (χ0) is 22.1. The van der Waals surface area contributed by atoms with Gasteiger partial charge in [-0.1, -0.05) is 56.7 Å². The maximum atomic E-state index is 12.7. The molecule has 5 nitrogen and oxygen atoms in total. The summed E-state index contributed by atoms with van der Waals surface area (Å²) < 4.78 is 5.69. The monoisotopic (exact) mass is 406 g/mol. The van der Waals surface area contributed by atoms with Crippen molar-refractivity contribution >= 4 is 16.9 Å². The summed E-state index contributed by atoms with van der Waals surface area (Å²) >= 11 is 0. The molecule has 0 fully saturated rings. The van der Waals surface area contributed by atoms with Gasteiger partial charge >= 0.3 is 0 Å². The summed E-state index contributed by atoms with van der Waals surface area (Å²) in [5.74, 6) is -0.371. The number of amides is 1. The Morgan fingerprint density at radius 1 is 1.07 bits per heavy atom. The molecule has 2 aromatic carbocycles. The zero-order valence-electron chi connectivity index (χ0n) is 18.6. The minimum absolute atomic E-state index is 0.00204. The van der Waals surface area contributed by atoms with E-state index in [0.717, 1.165) is 11.1 Å². The van der Waals surface area contributed by atoms with Crippen LogP contribution in [0.4, 0.5) is 0 Å².